The molecule has 2 amide bonds. The van der Waals surface area contributed by atoms with Gasteiger partial charge in [-0.1, -0.05) is 24.1 Å². The van der Waals surface area contributed by atoms with E-state index >= 15 is 0 Å². The zero-order valence-electron chi connectivity index (χ0n) is 17.3. The predicted octanol–water partition coefficient (Wildman–Crippen LogP) is 3.35. The minimum absolute atomic E-state index is 0.0693. The van der Waals surface area contributed by atoms with Crippen molar-refractivity contribution in [1.29, 1.82) is 0 Å². The molecule has 1 aliphatic heterocycles. The fourth-order valence-corrected chi connectivity index (χ4v) is 6.08. The third kappa shape index (κ3) is 5.85. The van der Waals surface area contributed by atoms with E-state index in [9.17, 15) is 18.0 Å². The number of rotatable bonds is 8. The molecule has 2 heterocycles. The molecule has 0 radical (unpaired) electrons. The van der Waals surface area contributed by atoms with Crippen LogP contribution in [0.15, 0.2) is 40.6 Å². The molecule has 7 nitrogen and oxygen atoms in total. The maximum Gasteiger partial charge on any atom is 0.254 e. The van der Waals surface area contributed by atoms with Gasteiger partial charge < -0.3 is 10.2 Å². The Hall–Kier alpha value is -1.94. The number of amides is 2. The molecule has 1 aromatic heterocycles. The van der Waals surface area contributed by atoms with Crippen molar-refractivity contribution in [3.8, 4) is 0 Å². The van der Waals surface area contributed by atoms with Crippen molar-refractivity contribution in [1.82, 2.24) is 14.5 Å². The Balaban J connectivity index is 1.73. The minimum atomic E-state index is -3.79. The van der Waals surface area contributed by atoms with Crippen molar-refractivity contribution in [2.45, 2.75) is 37.6 Å². The van der Waals surface area contributed by atoms with E-state index < -0.39 is 15.9 Å². The molecule has 0 saturated carbocycles. The molecule has 3 rings (SSSR count). The lowest BCUT2D eigenvalue weighted by Crippen LogP contribution is -2.40. The van der Waals surface area contributed by atoms with E-state index in [0.29, 0.717) is 26.2 Å². The highest BCUT2D eigenvalue weighted by Gasteiger charge is 2.29. The van der Waals surface area contributed by atoms with Gasteiger partial charge in [-0.15, -0.1) is 11.3 Å². The number of thiophene rings is 1. The van der Waals surface area contributed by atoms with Gasteiger partial charge in [0.2, 0.25) is 15.9 Å². The first kappa shape index (κ1) is 23.7. The highest BCUT2D eigenvalue weighted by atomic mass is 35.5. The first-order chi connectivity index (χ1) is 14.8. The first-order valence-electron chi connectivity index (χ1n) is 10.2. The van der Waals surface area contributed by atoms with Crippen molar-refractivity contribution < 1.29 is 18.0 Å². The number of carbonyl (C=O) groups excluding carboxylic acids is 2. The zero-order valence-corrected chi connectivity index (χ0v) is 19.7. The van der Waals surface area contributed by atoms with Crippen LogP contribution in [0.25, 0.3) is 0 Å². The van der Waals surface area contributed by atoms with Gasteiger partial charge in [0.05, 0.1) is 18.1 Å². The average molecular weight is 484 g/mol. The van der Waals surface area contributed by atoms with Gasteiger partial charge >= 0.3 is 0 Å². The van der Waals surface area contributed by atoms with Gasteiger partial charge in [-0.3, -0.25) is 9.59 Å². The molecule has 31 heavy (non-hydrogen) atoms. The molecule has 0 atom stereocenters. The molecule has 1 saturated heterocycles. The Morgan fingerprint density at radius 1 is 1.19 bits per heavy atom. The number of carbonyl (C=O) groups is 2. The van der Waals surface area contributed by atoms with Crippen LogP contribution in [0.2, 0.25) is 5.02 Å². The van der Waals surface area contributed by atoms with Crippen LogP contribution in [0.3, 0.4) is 0 Å². The molecule has 168 valence electrons. The molecule has 1 N–H and O–H groups in total. The predicted molar refractivity (Wildman–Crippen MR) is 122 cm³/mol. The number of nitrogens with one attached hydrogen (secondary N) is 1. The Kier molecular flexibility index (Phi) is 8.10. The van der Waals surface area contributed by atoms with E-state index in [4.69, 9.17) is 11.6 Å². The van der Waals surface area contributed by atoms with Crippen LogP contribution >= 0.6 is 22.9 Å². The number of benzene rings is 1. The summed E-state index contributed by atoms with van der Waals surface area (Å²) in [6, 6.07) is 8.07. The van der Waals surface area contributed by atoms with Gasteiger partial charge in [0, 0.05) is 30.1 Å². The summed E-state index contributed by atoms with van der Waals surface area (Å²) in [7, 11) is -3.79. The highest BCUT2D eigenvalue weighted by Crippen LogP contribution is 2.28. The second-order valence-electron chi connectivity index (χ2n) is 7.29. The molecule has 0 spiro atoms. The average Bonchev–Trinajstić information content (AvgIpc) is 3.30. The smallest absolute Gasteiger partial charge is 0.254 e. The van der Waals surface area contributed by atoms with Gasteiger partial charge in [-0.25, -0.2) is 8.42 Å². The maximum atomic E-state index is 13.1. The Morgan fingerprint density at radius 2 is 1.94 bits per heavy atom. The topological polar surface area (TPSA) is 86.8 Å². The summed E-state index contributed by atoms with van der Waals surface area (Å²) in [4.78, 5) is 27.6. The molecule has 10 heteroatoms. The number of nitrogens with zero attached hydrogens (tertiary/aromatic N) is 2. The van der Waals surface area contributed by atoms with Crippen molar-refractivity contribution in [2.24, 2.45) is 0 Å². The van der Waals surface area contributed by atoms with Crippen LogP contribution in [-0.4, -0.2) is 55.6 Å². The molecule has 0 unspecified atom stereocenters. The van der Waals surface area contributed by atoms with Crippen LogP contribution < -0.4 is 5.32 Å². The summed E-state index contributed by atoms with van der Waals surface area (Å²) < 4.78 is 27.5. The number of hydrogen-bond donors (Lipinski definition) is 1. The molecule has 1 aliphatic rings. The molecular formula is C21H26ClN3O4S2. The summed E-state index contributed by atoms with van der Waals surface area (Å²) in [5, 5.41) is 4.81. The van der Waals surface area contributed by atoms with E-state index in [-0.39, 0.29) is 27.9 Å². The van der Waals surface area contributed by atoms with Crippen molar-refractivity contribution in [3.05, 3.63) is 51.2 Å². The second kappa shape index (κ2) is 10.6. The number of halogens is 1. The summed E-state index contributed by atoms with van der Waals surface area (Å²) in [5.41, 5.74) is 0.188. The lowest BCUT2D eigenvalue weighted by molar-refractivity contribution is -0.121. The van der Waals surface area contributed by atoms with Crippen LogP contribution in [-0.2, 0) is 21.4 Å². The van der Waals surface area contributed by atoms with Crippen molar-refractivity contribution in [3.63, 3.8) is 0 Å². The fraction of sp³-hybridized carbons (Fsp3) is 0.429. The Morgan fingerprint density at radius 3 is 2.58 bits per heavy atom. The van der Waals surface area contributed by atoms with Crippen LogP contribution in [0.1, 0.15) is 41.4 Å². The van der Waals surface area contributed by atoms with Gasteiger partial charge in [0.1, 0.15) is 4.90 Å². The summed E-state index contributed by atoms with van der Waals surface area (Å²) >= 11 is 7.74. The van der Waals surface area contributed by atoms with Gasteiger partial charge in [-0.05, 0) is 49.4 Å². The molecule has 0 bridgehead atoms. The first-order valence-corrected chi connectivity index (χ1v) is 12.9. The second-order valence-corrected chi connectivity index (χ2v) is 10.6. The quantitative estimate of drug-likeness (QED) is 0.623. The van der Waals surface area contributed by atoms with Crippen molar-refractivity contribution >= 4 is 44.8 Å². The lowest BCUT2D eigenvalue weighted by Gasteiger charge is -2.26. The van der Waals surface area contributed by atoms with Gasteiger partial charge in [0.25, 0.3) is 5.91 Å². The lowest BCUT2D eigenvalue weighted by atomic mass is 10.2. The number of piperidine rings is 1. The Labute approximate surface area is 192 Å². The van der Waals surface area contributed by atoms with E-state index in [2.05, 4.69) is 5.32 Å². The summed E-state index contributed by atoms with van der Waals surface area (Å²) in [5.74, 6) is -0.695. The third-order valence-electron chi connectivity index (χ3n) is 5.15. The molecule has 0 aliphatic carbocycles. The van der Waals surface area contributed by atoms with E-state index in [1.54, 1.807) is 18.3 Å². The number of sulfonamides is 1. The van der Waals surface area contributed by atoms with E-state index in [0.717, 1.165) is 24.1 Å². The molecule has 1 fully saturated rings. The minimum Gasteiger partial charge on any atom is -0.350 e. The summed E-state index contributed by atoms with van der Waals surface area (Å²) in [6.45, 7) is 3.26. The monoisotopic (exact) mass is 483 g/mol. The highest BCUT2D eigenvalue weighted by molar-refractivity contribution is 7.89. The fourth-order valence-electron chi connectivity index (χ4n) is 3.42. The third-order valence-corrected chi connectivity index (χ3v) is 8.41. The van der Waals surface area contributed by atoms with Crippen LogP contribution in [0.5, 0.6) is 0 Å². The van der Waals surface area contributed by atoms with E-state index in [1.165, 1.54) is 27.4 Å². The Bertz CT molecular complexity index is 1020. The van der Waals surface area contributed by atoms with Crippen molar-refractivity contribution in [2.75, 3.05) is 26.2 Å². The van der Waals surface area contributed by atoms with Gasteiger partial charge in [0.15, 0.2) is 0 Å². The molecule has 1 aromatic carbocycles. The van der Waals surface area contributed by atoms with E-state index in [1.807, 2.05) is 17.5 Å². The largest absolute Gasteiger partial charge is 0.350 e. The normalized spacial score (nSPS) is 14.9. The van der Waals surface area contributed by atoms with Gasteiger partial charge in [-0.2, -0.15) is 4.31 Å². The van der Waals surface area contributed by atoms with Crippen LogP contribution in [0.4, 0.5) is 0 Å². The maximum absolute atomic E-state index is 13.1. The number of likely N-dealkylation sites (N-methyl/N-ethyl adjacent to an activating group) is 1. The SMILES string of the molecule is CCN(CC(=O)NCc1cccs1)C(=O)c1ccc(Cl)c(S(=O)(=O)N2CCCCC2)c1. The molecular weight excluding hydrogens is 458 g/mol. The summed E-state index contributed by atoms with van der Waals surface area (Å²) in [6.07, 6.45) is 2.61. The molecule has 2 aromatic rings. The standard InChI is InChI=1S/C21H26ClN3O4S2/c1-2-24(15-20(26)23-14-17-7-6-12-30-17)21(27)16-8-9-18(22)19(13-16)31(28,29)25-10-4-3-5-11-25/h6-9,12-13H,2-5,10-11,14-15H2,1H3,(H,23,26). The zero-order chi connectivity index (χ0) is 22.4. The van der Waals surface area contributed by atoms with Crippen LogP contribution in [0, 0.1) is 0 Å². The number of hydrogen-bond acceptors (Lipinski definition) is 5.